The molecule has 11 heavy (non-hydrogen) atoms. The minimum Gasteiger partial charge on any atom is -0.314 e. The summed E-state index contributed by atoms with van der Waals surface area (Å²) in [6.45, 7) is 7.13. The fraction of sp³-hybridized carbons (Fsp3) is 0.875. The Morgan fingerprint density at radius 3 is 3.00 bits per heavy atom. The second kappa shape index (κ2) is 3.70. The van der Waals surface area contributed by atoms with Gasteiger partial charge in [0.05, 0.1) is 12.1 Å². The number of nitrogens with one attached hydrogen (secondary N) is 1. The molecule has 0 spiro atoms. The van der Waals surface area contributed by atoms with E-state index in [0.29, 0.717) is 6.04 Å². The summed E-state index contributed by atoms with van der Waals surface area (Å²) in [5, 5.41) is 12.0. The van der Waals surface area contributed by atoms with Crippen molar-refractivity contribution in [1.29, 1.82) is 5.26 Å². The van der Waals surface area contributed by atoms with Crippen LogP contribution in [0.1, 0.15) is 13.8 Å². The lowest BCUT2D eigenvalue weighted by molar-refractivity contribution is 0.152. The normalized spacial score (nSPS) is 29.4. The quantitative estimate of drug-likeness (QED) is 0.584. The highest BCUT2D eigenvalue weighted by atomic mass is 15.2. The smallest absolute Gasteiger partial charge is 0.0952 e. The lowest BCUT2D eigenvalue weighted by Crippen LogP contribution is -2.52. The first kappa shape index (κ1) is 8.51. The van der Waals surface area contributed by atoms with Gasteiger partial charge in [-0.15, -0.1) is 0 Å². The Kier molecular flexibility index (Phi) is 2.86. The molecule has 3 heteroatoms. The first-order valence-electron chi connectivity index (χ1n) is 4.11. The maximum Gasteiger partial charge on any atom is 0.0952 e. The van der Waals surface area contributed by atoms with Crippen LogP contribution in [0.25, 0.3) is 0 Å². The van der Waals surface area contributed by atoms with Gasteiger partial charge in [0.25, 0.3) is 0 Å². The van der Waals surface area contributed by atoms with Crippen LogP contribution in [0.4, 0.5) is 0 Å². The zero-order chi connectivity index (χ0) is 8.27. The maximum atomic E-state index is 8.69. The summed E-state index contributed by atoms with van der Waals surface area (Å²) in [6, 6.07) is 2.82. The molecule has 0 aromatic rings. The Labute approximate surface area is 68.0 Å². The fourth-order valence-electron chi connectivity index (χ4n) is 1.51. The molecule has 3 nitrogen and oxygen atoms in total. The molecule has 1 aliphatic rings. The van der Waals surface area contributed by atoms with Gasteiger partial charge in [0, 0.05) is 25.7 Å². The molecule has 1 saturated heterocycles. The molecule has 1 unspecified atom stereocenters. The van der Waals surface area contributed by atoms with Gasteiger partial charge in [0.15, 0.2) is 0 Å². The monoisotopic (exact) mass is 153 g/mol. The molecule has 1 N–H and O–H groups in total. The second-order valence-electron chi connectivity index (χ2n) is 3.10. The Hall–Kier alpha value is -0.590. The molecular weight excluding hydrogens is 138 g/mol. The largest absolute Gasteiger partial charge is 0.314 e. The SMILES string of the molecule is CC(C#N)N1CCNC[C@@H]1C. The first-order valence-corrected chi connectivity index (χ1v) is 4.11. The number of hydrogen-bond donors (Lipinski definition) is 1. The van der Waals surface area contributed by atoms with Gasteiger partial charge < -0.3 is 5.32 Å². The lowest BCUT2D eigenvalue weighted by atomic mass is 10.1. The van der Waals surface area contributed by atoms with E-state index in [2.05, 4.69) is 23.2 Å². The Morgan fingerprint density at radius 1 is 1.73 bits per heavy atom. The summed E-state index contributed by atoms with van der Waals surface area (Å²) in [5.41, 5.74) is 0. The van der Waals surface area contributed by atoms with Gasteiger partial charge in [-0.3, -0.25) is 4.90 Å². The molecular formula is C8H15N3. The van der Waals surface area contributed by atoms with E-state index in [-0.39, 0.29) is 6.04 Å². The molecule has 0 aromatic carbocycles. The van der Waals surface area contributed by atoms with Gasteiger partial charge in [0.2, 0.25) is 0 Å². The topological polar surface area (TPSA) is 39.1 Å². The Balaban J connectivity index is 2.48. The van der Waals surface area contributed by atoms with Crippen molar-refractivity contribution in [2.24, 2.45) is 0 Å². The third-order valence-corrected chi connectivity index (χ3v) is 2.24. The van der Waals surface area contributed by atoms with Crippen LogP contribution in [-0.4, -0.2) is 36.6 Å². The van der Waals surface area contributed by atoms with Crippen molar-refractivity contribution in [3.05, 3.63) is 0 Å². The zero-order valence-corrected chi connectivity index (χ0v) is 7.17. The highest BCUT2D eigenvalue weighted by molar-refractivity contribution is 4.92. The summed E-state index contributed by atoms with van der Waals surface area (Å²) in [5.74, 6) is 0. The molecule has 1 aliphatic heterocycles. The van der Waals surface area contributed by atoms with Crippen molar-refractivity contribution in [3.63, 3.8) is 0 Å². The number of nitriles is 1. The van der Waals surface area contributed by atoms with Gasteiger partial charge in [-0.1, -0.05) is 0 Å². The number of rotatable bonds is 1. The van der Waals surface area contributed by atoms with E-state index in [9.17, 15) is 0 Å². The first-order chi connectivity index (χ1) is 5.25. The summed E-state index contributed by atoms with van der Waals surface area (Å²) < 4.78 is 0. The third-order valence-electron chi connectivity index (χ3n) is 2.24. The van der Waals surface area contributed by atoms with E-state index >= 15 is 0 Å². The van der Waals surface area contributed by atoms with Crippen molar-refractivity contribution in [1.82, 2.24) is 10.2 Å². The number of piperazine rings is 1. The molecule has 0 radical (unpaired) electrons. The minimum absolute atomic E-state index is 0.0621. The van der Waals surface area contributed by atoms with Crippen LogP contribution in [0.2, 0.25) is 0 Å². The van der Waals surface area contributed by atoms with Gasteiger partial charge in [-0.2, -0.15) is 5.26 Å². The molecule has 1 rings (SSSR count). The minimum atomic E-state index is 0.0621. The Morgan fingerprint density at radius 2 is 2.45 bits per heavy atom. The third kappa shape index (κ3) is 1.92. The molecule has 0 aromatic heterocycles. The molecule has 0 saturated carbocycles. The number of hydrogen-bond acceptors (Lipinski definition) is 3. The molecule has 1 fully saturated rings. The summed E-state index contributed by atoms with van der Waals surface area (Å²) in [7, 11) is 0. The van der Waals surface area contributed by atoms with Gasteiger partial charge in [0.1, 0.15) is 0 Å². The van der Waals surface area contributed by atoms with Crippen LogP contribution in [-0.2, 0) is 0 Å². The van der Waals surface area contributed by atoms with E-state index in [1.165, 1.54) is 0 Å². The summed E-state index contributed by atoms with van der Waals surface area (Å²) >= 11 is 0. The zero-order valence-electron chi connectivity index (χ0n) is 7.17. The molecule has 0 bridgehead atoms. The number of nitrogens with zero attached hydrogens (tertiary/aromatic N) is 2. The van der Waals surface area contributed by atoms with E-state index in [1.54, 1.807) is 0 Å². The van der Waals surface area contributed by atoms with Crippen molar-refractivity contribution < 1.29 is 0 Å². The maximum absolute atomic E-state index is 8.69. The summed E-state index contributed by atoms with van der Waals surface area (Å²) in [6.07, 6.45) is 0. The highest BCUT2D eigenvalue weighted by Gasteiger charge is 2.21. The van der Waals surface area contributed by atoms with E-state index in [0.717, 1.165) is 19.6 Å². The Bertz CT molecular complexity index is 161. The summed E-state index contributed by atoms with van der Waals surface area (Å²) in [4.78, 5) is 2.23. The average Bonchev–Trinajstić information content (AvgIpc) is 2.04. The van der Waals surface area contributed by atoms with Crippen LogP contribution in [0, 0.1) is 11.3 Å². The van der Waals surface area contributed by atoms with Gasteiger partial charge in [-0.05, 0) is 13.8 Å². The molecule has 1 heterocycles. The van der Waals surface area contributed by atoms with E-state index < -0.39 is 0 Å². The van der Waals surface area contributed by atoms with Crippen LogP contribution in [0.5, 0.6) is 0 Å². The van der Waals surface area contributed by atoms with Gasteiger partial charge >= 0.3 is 0 Å². The van der Waals surface area contributed by atoms with Crippen molar-refractivity contribution >= 4 is 0 Å². The van der Waals surface area contributed by atoms with Crippen molar-refractivity contribution in [2.45, 2.75) is 25.9 Å². The van der Waals surface area contributed by atoms with E-state index in [1.807, 2.05) is 6.92 Å². The second-order valence-corrected chi connectivity index (χ2v) is 3.10. The van der Waals surface area contributed by atoms with Crippen LogP contribution >= 0.6 is 0 Å². The van der Waals surface area contributed by atoms with Crippen LogP contribution in [0.15, 0.2) is 0 Å². The van der Waals surface area contributed by atoms with Crippen molar-refractivity contribution in [3.8, 4) is 6.07 Å². The molecule has 0 aliphatic carbocycles. The molecule has 0 amide bonds. The van der Waals surface area contributed by atoms with Crippen LogP contribution < -0.4 is 5.32 Å². The predicted molar refractivity (Wildman–Crippen MR) is 44.1 cm³/mol. The van der Waals surface area contributed by atoms with Gasteiger partial charge in [-0.25, -0.2) is 0 Å². The molecule has 62 valence electrons. The van der Waals surface area contributed by atoms with E-state index in [4.69, 9.17) is 5.26 Å². The highest BCUT2D eigenvalue weighted by Crippen LogP contribution is 2.06. The average molecular weight is 153 g/mol. The van der Waals surface area contributed by atoms with Crippen LogP contribution in [0.3, 0.4) is 0 Å². The van der Waals surface area contributed by atoms with Crippen molar-refractivity contribution in [2.75, 3.05) is 19.6 Å². The lowest BCUT2D eigenvalue weighted by Gasteiger charge is -2.35. The fourth-order valence-corrected chi connectivity index (χ4v) is 1.51. The molecule has 2 atom stereocenters. The predicted octanol–water partition coefficient (Wildman–Crippen LogP) is 0.192. The standard InChI is InChI=1S/C8H15N3/c1-7(5-9)11-4-3-10-6-8(11)2/h7-8,10H,3-4,6H2,1-2H3/t7?,8-/m0/s1.